The van der Waals surface area contributed by atoms with E-state index in [2.05, 4.69) is 51.0 Å². The standard InChI is InChI=1S/C14H22BrN3/c1-3-18(10-12-4-6-16-7-5-12)14-13(15)8-11(2)9-17-14/h8-9,12,16H,3-7,10H2,1-2H3. The number of piperidine rings is 1. The maximum atomic E-state index is 4.58. The molecule has 1 saturated heterocycles. The largest absolute Gasteiger partial charge is 0.356 e. The molecule has 0 aromatic carbocycles. The van der Waals surface area contributed by atoms with E-state index in [1.165, 1.54) is 18.4 Å². The highest BCUT2D eigenvalue weighted by atomic mass is 79.9. The first kappa shape index (κ1) is 13.8. The van der Waals surface area contributed by atoms with Crippen molar-refractivity contribution in [1.29, 1.82) is 0 Å². The third-order valence-corrected chi connectivity index (χ3v) is 4.16. The summed E-state index contributed by atoms with van der Waals surface area (Å²) in [4.78, 5) is 6.97. The topological polar surface area (TPSA) is 28.2 Å². The van der Waals surface area contributed by atoms with E-state index in [9.17, 15) is 0 Å². The van der Waals surface area contributed by atoms with Crippen LogP contribution in [0, 0.1) is 12.8 Å². The van der Waals surface area contributed by atoms with E-state index in [1.807, 2.05) is 6.20 Å². The molecule has 1 fully saturated rings. The van der Waals surface area contributed by atoms with Crippen LogP contribution in [0.4, 0.5) is 5.82 Å². The minimum Gasteiger partial charge on any atom is -0.356 e. The summed E-state index contributed by atoms with van der Waals surface area (Å²) in [6, 6.07) is 2.15. The molecule has 0 saturated carbocycles. The minimum absolute atomic E-state index is 0.793. The van der Waals surface area contributed by atoms with Crippen LogP contribution in [0.25, 0.3) is 0 Å². The van der Waals surface area contributed by atoms with E-state index in [-0.39, 0.29) is 0 Å². The molecule has 2 rings (SSSR count). The summed E-state index contributed by atoms with van der Waals surface area (Å²) in [5.74, 6) is 1.88. The van der Waals surface area contributed by atoms with Crippen molar-refractivity contribution < 1.29 is 0 Å². The van der Waals surface area contributed by atoms with E-state index < -0.39 is 0 Å². The number of anilines is 1. The molecule has 0 amide bonds. The van der Waals surface area contributed by atoms with Crippen LogP contribution in [0.2, 0.25) is 0 Å². The number of hydrogen-bond acceptors (Lipinski definition) is 3. The van der Waals surface area contributed by atoms with Crippen LogP contribution < -0.4 is 10.2 Å². The molecular weight excluding hydrogens is 290 g/mol. The Labute approximate surface area is 118 Å². The van der Waals surface area contributed by atoms with Crippen molar-refractivity contribution in [3.63, 3.8) is 0 Å². The highest BCUT2D eigenvalue weighted by Crippen LogP contribution is 2.26. The third kappa shape index (κ3) is 3.45. The lowest BCUT2D eigenvalue weighted by Gasteiger charge is -2.30. The van der Waals surface area contributed by atoms with Crippen molar-refractivity contribution in [3.05, 3.63) is 22.3 Å². The van der Waals surface area contributed by atoms with Crippen LogP contribution in [-0.4, -0.2) is 31.2 Å². The van der Waals surface area contributed by atoms with Gasteiger partial charge in [0.15, 0.2) is 0 Å². The van der Waals surface area contributed by atoms with Crippen LogP contribution >= 0.6 is 15.9 Å². The van der Waals surface area contributed by atoms with Gasteiger partial charge in [0.2, 0.25) is 0 Å². The van der Waals surface area contributed by atoms with Crippen molar-refractivity contribution in [2.45, 2.75) is 26.7 Å². The van der Waals surface area contributed by atoms with E-state index in [1.54, 1.807) is 0 Å². The number of aromatic nitrogens is 1. The summed E-state index contributed by atoms with van der Waals surface area (Å²) in [5.41, 5.74) is 1.20. The fourth-order valence-electron chi connectivity index (χ4n) is 2.50. The van der Waals surface area contributed by atoms with Gasteiger partial charge >= 0.3 is 0 Å². The smallest absolute Gasteiger partial charge is 0.142 e. The average Bonchev–Trinajstić information content (AvgIpc) is 2.38. The molecule has 1 N–H and O–H groups in total. The number of rotatable bonds is 4. The average molecular weight is 312 g/mol. The van der Waals surface area contributed by atoms with Crippen molar-refractivity contribution in [1.82, 2.24) is 10.3 Å². The second-order valence-electron chi connectivity index (χ2n) is 5.05. The molecule has 0 unspecified atom stereocenters. The minimum atomic E-state index is 0.793. The van der Waals surface area contributed by atoms with Gasteiger partial charge in [-0.1, -0.05) is 0 Å². The highest BCUT2D eigenvalue weighted by molar-refractivity contribution is 9.10. The first-order chi connectivity index (χ1) is 8.70. The number of pyridine rings is 1. The molecule has 0 radical (unpaired) electrons. The second-order valence-corrected chi connectivity index (χ2v) is 5.90. The summed E-state index contributed by atoms with van der Waals surface area (Å²) < 4.78 is 1.11. The van der Waals surface area contributed by atoms with Crippen LogP contribution in [0.1, 0.15) is 25.3 Å². The third-order valence-electron chi connectivity index (χ3n) is 3.58. The Kier molecular flexibility index (Phi) is 5.01. The summed E-state index contributed by atoms with van der Waals surface area (Å²) in [7, 11) is 0. The molecule has 1 aliphatic rings. The molecule has 0 bridgehead atoms. The van der Waals surface area contributed by atoms with E-state index in [4.69, 9.17) is 0 Å². The Balaban J connectivity index is 2.07. The van der Waals surface area contributed by atoms with Gasteiger partial charge < -0.3 is 10.2 Å². The van der Waals surface area contributed by atoms with Gasteiger partial charge in [0.1, 0.15) is 5.82 Å². The molecule has 1 aliphatic heterocycles. The Morgan fingerprint density at radius 3 is 2.78 bits per heavy atom. The maximum absolute atomic E-state index is 4.58. The van der Waals surface area contributed by atoms with Gasteiger partial charge in [-0.2, -0.15) is 0 Å². The zero-order valence-corrected chi connectivity index (χ0v) is 12.8. The number of hydrogen-bond donors (Lipinski definition) is 1. The fraction of sp³-hybridized carbons (Fsp3) is 0.643. The summed E-state index contributed by atoms with van der Waals surface area (Å²) in [6.07, 6.45) is 4.51. The van der Waals surface area contributed by atoms with Crippen LogP contribution in [-0.2, 0) is 0 Å². The van der Waals surface area contributed by atoms with Crippen LogP contribution in [0.3, 0.4) is 0 Å². The van der Waals surface area contributed by atoms with Gasteiger partial charge in [-0.3, -0.25) is 0 Å². The summed E-state index contributed by atoms with van der Waals surface area (Å²) in [5, 5.41) is 3.42. The second kappa shape index (κ2) is 6.53. The van der Waals surface area contributed by atoms with Crippen molar-refractivity contribution in [2.75, 3.05) is 31.1 Å². The van der Waals surface area contributed by atoms with Gasteiger partial charge in [-0.15, -0.1) is 0 Å². The van der Waals surface area contributed by atoms with Gasteiger partial charge in [0, 0.05) is 19.3 Å². The fourth-order valence-corrected chi connectivity index (χ4v) is 3.21. The molecular formula is C14H22BrN3. The quantitative estimate of drug-likeness (QED) is 0.926. The van der Waals surface area contributed by atoms with Crippen molar-refractivity contribution >= 4 is 21.7 Å². The number of nitrogens with one attached hydrogen (secondary N) is 1. The lowest BCUT2D eigenvalue weighted by atomic mass is 9.97. The number of halogens is 1. The lowest BCUT2D eigenvalue weighted by molar-refractivity contribution is 0.374. The molecule has 1 aromatic rings. The number of aryl methyl sites for hydroxylation is 1. The Hall–Kier alpha value is -0.610. The molecule has 3 nitrogen and oxygen atoms in total. The zero-order valence-electron chi connectivity index (χ0n) is 11.2. The normalized spacial score (nSPS) is 16.8. The van der Waals surface area contributed by atoms with E-state index >= 15 is 0 Å². The van der Waals surface area contributed by atoms with Crippen LogP contribution in [0.5, 0.6) is 0 Å². The molecule has 0 spiro atoms. The highest BCUT2D eigenvalue weighted by Gasteiger charge is 2.18. The maximum Gasteiger partial charge on any atom is 0.142 e. The van der Waals surface area contributed by atoms with Gasteiger partial charge in [0.05, 0.1) is 4.47 Å². The Morgan fingerprint density at radius 2 is 2.17 bits per heavy atom. The monoisotopic (exact) mass is 311 g/mol. The van der Waals surface area contributed by atoms with E-state index in [0.29, 0.717) is 0 Å². The van der Waals surface area contributed by atoms with E-state index in [0.717, 1.165) is 42.4 Å². The summed E-state index contributed by atoms with van der Waals surface area (Å²) in [6.45, 7) is 8.72. The summed E-state index contributed by atoms with van der Waals surface area (Å²) >= 11 is 3.64. The van der Waals surface area contributed by atoms with Crippen LogP contribution in [0.15, 0.2) is 16.7 Å². The van der Waals surface area contributed by atoms with Gasteiger partial charge in [-0.05, 0) is 73.3 Å². The number of nitrogens with zero attached hydrogens (tertiary/aromatic N) is 2. The lowest BCUT2D eigenvalue weighted by Crippen LogP contribution is -2.36. The van der Waals surface area contributed by atoms with Crippen molar-refractivity contribution in [3.8, 4) is 0 Å². The van der Waals surface area contributed by atoms with Crippen molar-refractivity contribution in [2.24, 2.45) is 5.92 Å². The Bertz CT molecular complexity index is 389. The zero-order chi connectivity index (χ0) is 13.0. The Morgan fingerprint density at radius 1 is 1.44 bits per heavy atom. The molecule has 1 aromatic heterocycles. The molecule has 18 heavy (non-hydrogen) atoms. The predicted octanol–water partition coefficient (Wildman–Crippen LogP) is 2.98. The molecule has 2 heterocycles. The molecule has 4 heteroatoms. The predicted molar refractivity (Wildman–Crippen MR) is 80.2 cm³/mol. The van der Waals surface area contributed by atoms with Gasteiger partial charge in [0.25, 0.3) is 0 Å². The van der Waals surface area contributed by atoms with Gasteiger partial charge in [-0.25, -0.2) is 4.98 Å². The SMILES string of the molecule is CCN(CC1CCNCC1)c1ncc(C)cc1Br. The molecule has 0 aliphatic carbocycles. The molecule has 0 atom stereocenters. The molecule has 100 valence electrons. The first-order valence-corrected chi connectivity index (χ1v) is 7.57. The first-order valence-electron chi connectivity index (χ1n) is 6.78.